The quantitative estimate of drug-likeness (QED) is 0.605. The van der Waals surface area contributed by atoms with Crippen molar-refractivity contribution in [2.75, 3.05) is 13.7 Å². The molecular formula is C22H24N2O3S. The Morgan fingerprint density at radius 1 is 1.18 bits per heavy atom. The molecule has 0 spiro atoms. The average molecular weight is 397 g/mol. The molecule has 28 heavy (non-hydrogen) atoms. The monoisotopic (exact) mass is 396 g/mol. The Bertz CT molecular complexity index is 937. The number of nitrogens with one attached hydrogen (secondary N) is 1. The van der Waals surface area contributed by atoms with Gasteiger partial charge in [0, 0.05) is 17.5 Å². The Morgan fingerprint density at radius 3 is 2.79 bits per heavy atom. The lowest BCUT2D eigenvalue weighted by Crippen LogP contribution is -2.26. The molecule has 0 aliphatic carbocycles. The molecule has 0 radical (unpaired) electrons. The van der Waals surface area contributed by atoms with Crippen LogP contribution in [0.3, 0.4) is 0 Å². The average Bonchev–Trinajstić information content (AvgIpc) is 3.18. The van der Waals surface area contributed by atoms with Crippen molar-refractivity contribution in [1.29, 1.82) is 0 Å². The highest BCUT2D eigenvalue weighted by Crippen LogP contribution is 2.27. The zero-order valence-electron chi connectivity index (χ0n) is 16.3. The van der Waals surface area contributed by atoms with Gasteiger partial charge in [0.25, 0.3) is 5.91 Å². The Balaban J connectivity index is 1.61. The summed E-state index contributed by atoms with van der Waals surface area (Å²) < 4.78 is 11.1. The van der Waals surface area contributed by atoms with Crippen molar-refractivity contribution < 1.29 is 14.3 Å². The number of ether oxygens (including phenoxy) is 2. The van der Waals surface area contributed by atoms with E-state index in [1.54, 1.807) is 12.5 Å². The van der Waals surface area contributed by atoms with E-state index < -0.39 is 0 Å². The number of rotatable bonds is 8. The molecule has 0 saturated heterocycles. The first-order valence-electron chi connectivity index (χ1n) is 9.19. The van der Waals surface area contributed by atoms with E-state index in [1.807, 2.05) is 62.4 Å². The summed E-state index contributed by atoms with van der Waals surface area (Å²) in [4.78, 5) is 16.9. The third kappa shape index (κ3) is 5.10. The van der Waals surface area contributed by atoms with Crippen LogP contribution >= 0.6 is 11.3 Å². The second-order valence-electron chi connectivity index (χ2n) is 6.55. The van der Waals surface area contributed by atoms with E-state index in [1.165, 1.54) is 11.3 Å². The Labute approximate surface area is 169 Å². The molecule has 5 nitrogen and oxygen atoms in total. The summed E-state index contributed by atoms with van der Waals surface area (Å²) in [5.74, 6) is 1.45. The second kappa shape index (κ2) is 9.37. The van der Waals surface area contributed by atoms with Gasteiger partial charge in [0.1, 0.15) is 22.2 Å². The number of carbonyl (C=O) groups is 1. The van der Waals surface area contributed by atoms with Gasteiger partial charge < -0.3 is 14.8 Å². The molecule has 0 aliphatic heterocycles. The van der Waals surface area contributed by atoms with Crippen LogP contribution in [-0.4, -0.2) is 30.6 Å². The molecule has 0 aliphatic rings. The van der Waals surface area contributed by atoms with E-state index in [-0.39, 0.29) is 12.0 Å². The molecule has 0 fully saturated rings. The Kier molecular flexibility index (Phi) is 6.66. The summed E-state index contributed by atoms with van der Waals surface area (Å²) >= 11 is 1.45. The van der Waals surface area contributed by atoms with E-state index in [4.69, 9.17) is 9.47 Å². The molecule has 1 amide bonds. The molecule has 146 valence electrons. The predicted molar refractivity (Wildman–Crippen MR) is 112 cm³/mol. The van der Waals surface area contributed by atoms with Crippen LogP contribution in [0.15, 0.2) is 53.9 Å². The van der Waals surface area contributed by atoms with Crippen LogP contribution in [0.1, 0.15) is 29.9 Å². The van der Waals surface area contributed by atoms with Gasteiger partial charge >= 0.3 is 0 Å². The molecule has 0 bridgehead atoms. The van der Waals surface area contributed by atoms with Crippen molar-refractivity contribution in [2.45, 2.75) is 26.4 Å². The van der Waals surface area contributed by atoms with Crippen molar-refractivity contribution in [1.82, 2.24) is 10.3 Å². The first-order chi connectivity index (χ1) is 13.6. The van der Waals surface area contributed by atoms with Crippen LogP contribution in [0.5, 0.6) is 11.5 Å². The van der Waals surface area contributed by atoms with Gasteiger partial charge in [-0.15, -0.1) is 11.3 Å². The first-order valence-corrected chi connectivity index (χ1v) is 10.1. The van der Waals surface area contributed by atoms with Gasteiger partial charge in [-0.25, -0.2) is 4.98 Å². The molecular weight excluding hydrogens is 372 g/mol. The summed E-state index contributed by atoms with van der Waals surface area (Å²) in [5, 5.41) is 5.50. The summed E-state index contributed by atoms with van der Waals surface area (Å²) in [7, 11) is 1.65. The highest BCUT2D eigenvalue weighted by atomic mass is 32.1. The zero-order valence-corrected chi connectivity index (χ0v) is 17.1. The third-order valence-corrected chi connectivity index (χ3v) is 4.95. The first kappa shape index (κ1) is 19.9. The number of hydrogen-bond donors (Lipinski definition) is 1. The predicted octanol–water partition coefficient (Wildman–Crippen LogP) is 4.58. The summed E-state index contributed by atoms with van der Waals surface area (Å²) in [6.45, 7) is 4.50. The molecule has 3 aromatic rings. The largest absolute Gasteiger partial charge is 0.496 e. The normalized spacial score (nSPS) is 10.7. The number of carbonyl (C=O) groups excluding carboxylic acids is 1. The fourth-order valence-corrected chi connectivity index (χ4v) is 3.59. The van der Waals surface area contributed by atoms with Crippen molar-refractivity contribution in [3.05, 3.63) is 65.2 Å². The van der Waals surface area contributed by atoms with Crippen LogP contribution in [0.25, 0.3) is 10.6 Å². The lowest BCUT2D eigenvalue weighted by atomic mass is 10.1. The van der Waals surface area contributed by atoms with Crippen LogP contribution in [0.4, 0.5) is 0 Å². The second-order valence-corrected chi connectivity index (χ2v) is 7.41. The Hall–Kier alpha value is -2.86. The van der Waals surface area contributed by atoms with Crippen LogP contribution in [0.2, 0.25) is 0 Å². The topological polar surface area (TPSA) is 60.5 Å². The van der Waals surface area contributed by atoms with Gasteiger partial charge in [-0.1, -0.05) is 30.3 Å². The van der Waals surface area contributed by atoms with Gasteiger partial charge in [-0.05, 0) is 44.0 Å². The molecule has 3 rings (SSSR count). The highest BCUT2D eigenvalue weighted by molar-refractivity contribution is 7.13. The van der Waals surface area contributed by atoms with E-state index in [9.17, 15) is 4.79 Å². The lowest BCUT2D eigenvalue weighted by Gasteiger charge is -2.10. The summed E-state index contributed by atoms with van der Waals surface area (Å²) in [6.07, 6.45) is 0.803. The SMILES string of the molecule is COc1ccccc1CCNC(=O)c1csc(-c2cccc(OC(C)C)c2)n1. The highest BCUT2D eigenvalue weighted by Gasteiger charge is 2.12. The van der Waals surface area contributed by atoms with Crippen LogP contribution < -0.4 is 14.8 Å². The van der Waals surface area contributed by atoms with Gasteiger partial charge in [0.05, 0.1) is 13.2 Å². The molecule has 0 atom stereocenters. The van der Waals surface area contributed by atoms with Gasteiger partial charge in [-0.2, -0.15) is 0 Å². The van der Waals surface area contributed by atoms with Gasteiger partial charge in [-0.3, -0.25) is 4.79 Å². The van der Waals surface area contributed by atoms with Crippen molar-refractivity contribution in [2.24, 2.45) is 0 Å². The standard InChI is InChI=1S/C22H24N2O3S/c1-15(2)27-18-9-6-8-17(13-18)22-24-19(14-28-22)21(25)23-12-11-16-7-4-5-10-20(16)26-3/h4-10,13-15H,11-12H2,1-3H3,(H,23,25). The minimum absolute atomic E-state index is 0.108. The van der Waals surface area contributed by atoms with E-state index in [0.717, 1.165) is 27.6 Å². The maximum absolute atomic E-state index is 12.4. The maximum atomic E-state index is 12.4. The number of methoxy groups -OCH3 is 1. The van der Waals surface area contributed by atoms with E-state index >= 15 is 0 Å². The minimum Gasteiger partial charge on any atom is -0.496 e. The molecule has 6 heteroatoms. The summed E-state index contributed by atoms with van der Waals surface area (Å²) in [5.41, 5.74) is 2.43. The van der Waals surface area contributed by atoms with Crippen LogP contribution in [-0.2, 0) is 6.42 Å². The number of benzene rings is 2. The van der Waals surface area contributed by atoms with Crippen molar-refractivity contribution in [3.63, 3.8) is 0 Å². The maximum Gasteiger partial charge on any atom is 0.270 e. The van der Waals surface area contributed by atoms with Crippen molar-refractivity contribution >= 4 is 17.2 Å². The number of hydrogen-bond acceptors (Lipinski definition) is 5. The number of para-hydroxylation sites is 1. The minimum atomic E-state index is -0.174. The molecule has 2 aromatic carbocycles. The molecule has 0 unspecified atom stereocenters. The van der Waals surface area contributed by atoms with Crippen LogP contribution in [0, 0.1) is 0 Å². The number of nitrogens with zero attached hydrogens (tertiary/aromatic N) is 1. The van der Waals surface area contributed by atoms with Gasteiger partial charge in [0.2, 0.25) is 0 Å². The molecule has 1 aromatic heterocycles. The molecule has 1 heterocycles. The Morgan fingerprint density at radius 2 is 2.00 bits per heavy atom. The van der Waals surface area contributed by atoms with Gasteiger partial charge in [0.15, 0.2) is 0 Å². The van der Waals surface area contributed by atoms with E-state index in [0.29, 0.717) is 18.7 Å². The third-order valence-electron chi connectivity index (χ3n) is 4.06. The number of aromatic nitrogens is 1. The lowest BCUT2D eigenvalue weighted by molar-refractivity contribution is 0.0950. The molecule has 1 N–H and O–H groups in total. The van der Waals surface area contributed by atoms with E-state index in [2.05, 4.69) is 10.3 Å². The number of thiazole rings is 1. The smallest absolute Gasteiger partial charge is 0.270 e. The fraction of sp³-hybridized carbons (Fsp3) is 0.273. The fourth-order valence-electron chi connectivity index (χ4n) is 2.80. The zero-order chi connectivity index (χ0) is 19.9. The van der Waals surface area contributed by atoms with Crippen molar-refractivity contribution in [3.8, 4) is 22.1 Å². The number of amides is 1. The summed E-state index contributed by atoms with van der Waals surface area (Å²) in [6, 6.07) is 15.6. The molecule has 0 saturated carbocycles.